The van der Waals surface area contributed by atoms with Crippen molar-refractivity contribution < 1.29 is 12.8 Å². The standard InChI is InChI=1S/C12H9Br2FN2O2S/c13-7-4-5-8(14)10(6-7)17-20(18,19)11-3-1-2-9(15)12(11)16/h1-6,17H,16H2. The Morgan fingerprint density at radius 3 is 2.55 bits per heavy atom. The molecule has 2 rings (SSSR count). The van der Waals surface area contributed by atoms with Gasteiger partial charge in [0.05, 0.1) is 11.4 Å². The number of hydrogen-bond donors (Lipinski definition) is 2. The van der Waals surface area contributed by atoms with Gasteiger partial charge in [0.15, 0.2) is 0 Å². The lowest BCUT2D eigenvalue weighted by Crippen LogP contribution is -2.15. The summed E-state index contributed by atoms with van der Waals surface area (Å²) in [6.45, 7) is 0. The lowest BCUT2D eigenvalue weighted by Gasteiger charge is -2.12. The zero-order valence-corrected chi connectivity index (χ0v) is 13.9. The molecule has 0 saturated carbocycles. The van der Waals surface area contributed by atoms with E-state index in [1.807, 2.05) is 0 Å². The van der Waals surface area contributed by atoms with E-state index in [0.29, 0.717) is 14.6 Å². The number of rotatable bonds is 3. The Kier molecular flexibility index (Phi) is 4.36. The van der Waals surface area contributed by atoms with Crippen LogP contribution < -0.4 is 10.5 Å². The van der Waals surface area contributed by atoms with Crippen LogP contribution in [-0.2, 0) is 10.0 Å². The van der Waals surface area contributed by atoms with Crippen molar-refractivity contribution in [2.24, 2.45) is 0 Å². The topological polar surface area (TPSA) is 72.2 Å². The number of nitrogens with two attached hydrogens (primary N) is 1. The van der Waals surface area contributed by atoms with Gasteiger partial charge < -0.3 is 5.73 Å². The highest BCUT2D eigenvalue weighted by Crippen LogP contribution is 2.30. The molecule has 0 atom stereocenters. The molecule has 2 aromatic carbocycles. The van der Waals surface area contributed by atoms with Crippen LogP contribution in [0.25, 0.3) is 0 Å². The summed E-state index contributed by atoms with van der Waals surface area (Å²) in [4.78, 5) is -0.302. The van der Waals surface area contributed by atoms with E-state index >= 15 is 0 Å². The predicted octanol–water partition coefficient (Wildman–Crippen LogP) is 3.73. The summed E-state index contributed by atoms with van der Waals surface area (Å²) in [5, 5.41) is 0. The van der Waals surface area contributed by atoms with Crippen molar-refractivity contribution in [2.75, 3.05) is 10.5 Å². The van der Waals surface area contributed by atoms with Gasteiger partial charge in [-0.05, 0) is 46.3 Å². The van der Waals surface area contributed by atoms with Crippen LogP contribution in [0.4, 0.5) is 15.8 Å². The van der Waals surface area contributed by atoms with Gasteiger partial charge in [-0.1, -0.05) is 22.0 Å². The Morgan fingerprint density at radius 2 is 1.85 bits per heavy atom. The molecule has 20 heavy (non-hydrogen) atoms. The lowest BCUT2D eigenvalue weighted by atomic mass is 10.3. The average Bonchev–Trinajstić information content (AvgIpc) is 2.36. The van der Waals surface area contributed by atoms with Crippen LogP contribution in [0.2, 0.25) is 0 Å². The third-order valence-electron chi connectivity index (χ3n) is 2.48. The van der Waals surface area contributed by atoms with E-state index in [0.717, 1.165) is 6.07 Å². The highest BCUT2D eigenvalue weighted by Gasteiger charge is 2.20. The third kappa shape index (κ3) is 3.13. The number of para-hydroxylation sites is 1. The van der Waals surface area contributed by atoms with E-state index in [1.54, 1.807) is 18.2 Å². The fourth-order valence-electron chi connectivity index (χ4n) is 1.53. The molecule has 0 aliphatic carbocycles. The van der Waals surface area contributed by atoms with E-state index in [4.69, 9.17) is 5.73 Å². The van der Waals surface area contributed by atoms with Crippen molar-refractivity contribution >= 4 is 53.3 Å². The first-order valence-corrected chi connectivity index (χ1v) is 8.40. The minimum absolute atomic E-state index is 0.302. The van der Waals surface area contributed by atoms with Gasteiger partial charge in [-0.25, -0.2) is 12.8 Å². The van der Waals surface area contributed by atoms with Crippen molar-refractivity contribution in [1.82, 2.24) is 0 Å². The minimum atomic E-state index is -3.97. The molecule has 0 radical (unpaired) electrons. The molecular formula is C12H9Br2FN2O2S. The van der Waals surface area contributed by atoms with Gasteiger partial charge in [0.1, 0.15) is 10.7 Å². The zero-order chi connectivity index (χ0) is 14.9. The van der Waals surface area contributed by atoms with Crippen molar-refractivity contribution in [3.8, 4) is 0 Å². The van der Waals surface area contributed by atoms with Crippen LogP contribution in [0, 0.1) is 5.82 Å². The fourth-order valence-corrected chi connectivity index (χ4v) is 3.58. The molecule has 0 spiro atoms. The molecule has 0 bridgehead atoms. The normalized spacial score (nSPS) is 11.3. The highest BCUT2D eigenvalue weighted by molar-refractivity contribution is 9.11. The summed E-state index contributed by atoms with van der Waals surface area (Å²) >= 11 is 6.48. The summed E-state index contributed by atoms with van der Waals surface area (Å²) in [6.07, 6.45) is 0. The molecule has 0 aliphatic rings. The maximum Gasteiger partial charge on any atom is 0.264 e. The molecule has 0 saturated heterocycles. The van der Waals surface area contributed by atoms with Crippen LogP contribution in [0.1, 0.15) is 0 Å². The average molecular weight is 424 g/mol. The first-order valence-electron chi connectivity index (χ1n) is 5.33. The summed E-state index contributed by atoms with van der Waals surface area (Å²) in [5.41, 5.74) is 5.39. The summed E-state index contributed by atoms with van der Waals surface area (Å²) < 4.78 is 41.5. The van der Waals surface area contributed by atoms with Crippen molar-refractivity contribution in [1.29, 1.82) is 0 Å². The predicted molar refractivity (Wildman–Crippen MR) is 83.5 cm³/mol. The lowest BCUT2D eigenvalue weighted by molar-refractivity contribution is 0.597. The second kappa shape index (κ2) is 5.71. The van der Waals surface area contributed by atoms with Crippen molar-refractivity contribution in [2.45, 2.75) is 4.90 Å². The number of hydrogen-bond acceptors (Lipinski definition) is 3. The summed E-state index contributed by atoms with van der Waals surface area (Å²) in [5.74, 6) is -0.777. The molecule has 8 heteroatoms. The molecule has 2 aromatic rings. The van der Waals surface area contributed by atoms with Crippen LogP contribution in [0.15, 0.2) is 50.2 Å². The Morgan fingerprint density at radius 1 is 1.15 bits per heavy atom. The van der Waals surface area contributed by atoms with Crippen LogP contribution in [0.5, 0.6) is 0 Å². The first kappa shape index (κ1) is 15.3. The van der Waals surface area contributed by atoms with Crippen molar-refractivity contribution in [3.63, 3.8) is 0 Å². The fraction of sp³-hybridized carbons (Fsp3) is 0. The van der Waals surface area contributed by atoms with E-state index < -0.39 is 21.5 Å². The maximum absolute atomic E-state index is 13.4. The molecule has 4 nitrogen and oxygen atoms in total. The van der Waals surface area contributed by atoms with Gasteiger partial charge in [-0.15, -0.1) is 0 Å². The van der Waals surface area contributed by atoms with E-state index in [2.05, 4.69) is 36.6 Å². The van der Waals surface area contributed by atoms with E-state index in [1.165, 1.54) is 12.1 Å². The molecule has 0 fully saturated rings. The van der Waals surface area contributed by atoms with Gasteiger partial charge in [0.25, 0.3) is 10.0 Å². The van der Waals surface area contributed by atoms with Gasteiger partial charge in [0.2, 0.25) is 0 Å². The number of anilines is 2. The SMILES string of the molecule is Nc1c(F)cccc1S(=O)(=O)Nc1cc(Br)ccc1Br. The third-order valence-corrected chi connectivity index (χ3v) is 5.08. The Balaban J connectivity index is 2.46. The first-order chi connectivity index (χ1) is 9.31. The summed E-state index contributed by atoms with van der Waals surface area (Å²) in [7, 11) is -3.97. The number of nitrogen functional groups attached to an aromatic ring is 1. The minimum Gasteiger partial charge on any atom is -0.395 e. The largest absolute Gasteiger partial charge is 0.395 e. The maximum atomic E-state index is 13.4. The monoisotopic (exact) mass is 422 g/mol. The summed E-state index contributed by atoms with van der Waals surface area (Å²) in [6, 6.07) is 8.64. The van der Waals surface area contributed by atoms with E-state index in [-0.39, 0.29) is 4.90 Å². The van der Waals surface area contributed by atoms with Gasteiger partial charge >= 0.3 is 0 Å². The quantitative estimate of drug-likeness (QED) is 0.738. The highest BCUT2D eigenvalue weighted by atomic mass is 79.9. The zero-order valence-electron chi connectivity index (χ0n) is 9.90. The van der Waals surface area contributed by atoms with Gasteiger partial charge in [-0.2, -0.15) is 0 Å². The molecule has 0 unspecified atom stereocenters. The van der Waals surface area contributed by atoms with Crippen LogP contribution >= 0.6 is 31.9 Å². The number of benzene rings is 2. The van der Waals surface area contributed by atoms with Crippen molar-refractivity contribution in [3.05, 3.63) is 51.2 Å². The van der Waals surface area contributed by atoms with Gasteiger partial charge in [0, 0.05) is 8.95 Å². The second-order valence-corrected chi connectivity index (χ2v) is 7.30. The van der Waals surface area contributed by atoms with Gasteiger partial charge in [-0.3, -0.25) is 4.72 Å². The molecule has 0 aliphatic heterocycles. The molecule has 0 amide bonds. The Hall–Kier alpha value is -1.12. The van der Waals surface area contributed by atoms with Crippen LogP contribution in [0.3, 0.4) is 0 Å². The smallest absolute Gasteiger partial charge is 0.264 e. The molecule has 3 N–H and O–H groups in total. The molecular weight excluding hydrogens is 415 g/mol. The number of halogens is 3. The molecule has 0 aromatic heterocycles. The number of nitrogens with one attached hydrogen (secondary N) is 1. The van der Waals surface area contributed by atoms with E-state index in [9.17, 15) is 12.8 Å². The van der Waals surface area contributed by atoms with Crippen LogP contribution in [-0.4, -0.2) is 8.42 Å². The Labute approximate surface area is 132 Å². The molecule has 106 valence electrons. The number of sulfonamides is 1. The second-order valence-electron chi connectivity index (χ2n) is 3.88. The molecule has 0 heterocycles. The Bertz CT molecular complexity index is 766.